The fraction of sp³-hybridized carbons (Fsp3) is 0.444. The number of nitrogens with zero attached hydrogens (tertiary/aromatic N) is 1. The Morgan fingerprint density at radius 2 is 2.04 bits per heavy atom. The molecule has 128 valence electrons. The Bertz CT molecular complexity index is 685. The van der Waals surface area contributed by atoms with Gasteiger partial charge in [-0.25, -0.2) is 4.98 Å². The van der Waals surface area contributed by atoms with E-state index in [1.807, 2.05) is 36.6 Å². The Labute approximate surface area is 146 Å². The minimum Gasteiger partial charge on any atom is -0.384 e. The molecule has 0 aliphatic carbocycles. The summed E-state index contributed by atoms with van der Waals surface area (Å²) in [4.78, 5) is 17.3. The van der Waals surface area contributed by atoms with E-state index in [-0.39, 0.29) is 5.91 Å². The first-order valence-corrected chi connectivity index (χ1v) is 9.05. The Balaban J connectivity index is 1.71. The number of thiazole rings is 1. The van der Waals surface area contributed by atoms with Gasteiger partial charge in [0.2, 0.25) is 5.91 Å². The van der Waals surface area contributed by atoms with Crippen LogP contribution in [0.2, 0.25) is 0 Å². The topological polar surface area (TPSA) is 63.2 Å². The van der Waals surface area contributed by atoms with Crippen LogP contribution in [0.1, 0.15) is 18.5 Å². The maximum absolute atomic E-state index is 12.8. The molecule has 1 saturated heterocycles. The van der Waals surface area contributed by atoms with Gasteiger partial charge in [-0.15, -0.1) is 11.3 Å². The van der Waals surface area contributed by atoms with Crippen LogP contribution < -0.4 is 10.6 Å². The first-order valence-electron chi connectivity index (χ1n) is 8.17. The van der Waals surface area contributed by atoms with Gasteiger partial charge in [0.15, 0.2) is 0 Å². The molecule has 6 heteroatoms. The number of benzene rings is 1. The highest BCUT2D eigenvalue weighted by Gasteiger charge is 2.39. The van der Waals surface area contributed by atoms with E-state index >= 15 is 0 Å². The van der Waals surface area contributed by atoms with Gasteiger partial charge in [-0.1, -0.05) is 0 Å². The molecule has 2 N–H and O–H groups in total. The van der Waals surface area contributed by atoms with E-state index < -0.39 is 5.41 Å². The molecule has 1 aliphatic heterocycles. The molecule has 0 saturated carbocycles. The van der Waals surface area contributed by atoms with Crippen molar-refractivity contribution in [2.24, 2.45) is 5.41 Å². The number of aromatic nitrogens is 1. The highest BCUT2D eigenvalue weighted by molar-refractivity contribution is 7.13. The molecule has 1 fully saturated rings. The fourth-order valence-corrected chi connectivity index (χ4v) is 3.87. The Morgan fingerprint density at radius 1 is 1.33 bits per heavy atom. The van der Waals surface area contributed by atoms with E-state index in [9.17, 15) is 4.79 Å². The highest BCUT2D eigenvalue weighted by atomic mass is 32.1. The zero-order chi connectivity index (χ0) is 17.0. The van der Waals surface area contributed by atoms with Gasteiger partial charge in [0.05, 0.1) is 12.0 Å². The van der Waals surface area contributed by atoms with E-state index in [1.54, 1.807) is 18.4 Å². The molecule has 1 aromatic carbocycles. The number of piperidine rings is 1. The van der Waals surface area contributed by atoms with Crippen LogP contribution in [0, 0.1) is 12.3 Å². The maximum atomic E-state index is 12.8. The zero-order valence-electron chi connectivity index (χ0n) is 14.1. The van der Waals surface area contributed by atoms with Gasteiger partial charge >= 0.3 is 0 Å². The van der Waals surface area contributed by atoms with Gasteiger partial charge in [0.25, 0.3) is 0 Å². The number of rotatable bonds is 5. The smallest absolute Gasteiger partial charge is 0.233 e. The lowest BCUT2D eigenvalue weighted by atomic mass is 9.78. The summed E-state index contributed by atoms with van der Waals surface area (Å²) in [5.41, 5.74) is 2.47. The van der Waals surface area contributed by atoms with Crippen LogP contribution >= 0.6 is 11.3 Å². The van der Waals surface area contributed by atoms with Gasteiger partial charge in [-0.3, -0.25) is 4.79 Å². The molecule has 0 bridgehead atoms. The predicted molar refractivity (Wildman–Crippen MR) is 97.3 cm³/mol. The van der Waals surface area contributed by atoms with E-state index in [0.29, 0.717) is 6.61 Å². The molecule has 0 unspecified atom stereocenters. The van der Waals surface area contributed by atoms with Crippen molar-refractivity contribution in [3.8, 4) is 10.6 Å². The van der Waals surface area contributed by atoms with Crippen LogP contribution in [0.5, 0.6) is 0 Å². The molecular weight excluding hydrogens is 322 g/mol. The van der Waals surface area contributed by atoms with Crippen LogP contribution in [0.15, 0.2) is 29.6 Å². The average molecular weight is 345 g/mol. The lowest BCUT2D eigenvalue weighted by Crippen LogP contribution is -2.47. The number of aryl methyl sites for hydroxylation is 1. The Kier molecular flexibility index (Phi) is 5.28. The largest absolute Gasteiger partial charge is 0.384 e. The third-order valence-corrected chi connectivity index (χ3v) is 5.48. The molecule has 2 heterocycles. The van der Waals surface area contributed by atoms with Gasteiger partial charge in [-0.05, 0) is 57.1 Å². The van der Waals surface area contributed by atoms with Crippen LogP contribution in [0.3, 0.4) is 0 Å². The van der Waals surface area contributed by atoms with Crippen molar-refractivity contribution in [2.45, 2.75) is 19.8 Å². The fourth-order valence-electron chi connectivity index (χ4n) is 3.06. The second kappa shape index (κ2) is 7.42. The number of hydrogen-bond donors (Lipinski definition) is 2. The molecule has 1 amide bonds. The summed E-state index contributed by atoms with van der Waals surface area (Å²) in [5.74, 6) is 0.0451. The van der Waals surface area contributed by atoms with Gasteiger partial charge < -0.3 is 15.4 Å². The summed E-state index contributed by atoms with van der Waals surface area (Å²) in [6, 6.07) is 7.87. The summed E-state index contributed by atoms with van der Waals surface area (Å²) >= 11 is 1.63. The van der Waals surface area contributed by atoms with Crippen molar-refractivity contribution in [2.75, 3.05) is 32.1 Å². The molecule has 0 spiro atoms. The summed E-state index contributed by atoms with van der Waals surface area (Å²) < 4.78 is 5.33. The lowest BCUT2D eigenvalue weighted by molar-refractivity contribution is -0.130. The third kappa shape index (κ3) is 3.66. The molecule has 0 radical (unpaired) electrons. The van der Waals surface area contributed by atoms with Crippen molar-refractivity contribution in [3.05, 3.63) is 35.3 Å². The van der Waals surface area contributed by atoms with E-state index in [1.165, 1.54) is 0 Å². The lowest BCUT2D eigenvalue weighted by Gasteiger charge is -2.35. The van der Waals surface area contributed by atoms with Crippen molar-refractivity contribution in [3.63, 3.8) is 0 Å². The number of carbonyl (C=O) groups is 1. The second-order valence-corrected chi connectivity index (χ2v) is 7.15. The number of ether oxygens (including phenoxy) is 1. The van der Waals surface area contributed by atoms with Gasteiger partial charge in [-0.2, -0.15) is 0 Å². The van der Waals surface area contributed by atoms with Crippen molar-refractivity contribution >= 4 is 22.9 Å². The molecular formula is C18H23N3O2S. The van der Waals surface area contributed by atoms with Gasteiger partial charge in [0, 0.05) is 29.4 Å². The normalized spacial score (nSPS) is 16.8. The molecule has 5 nitrogen and oxygen atoms in total. The summed E-state index contributed by atoms with van der Waals surface area (Å²) in [7, 11) is 1.65. The second-order valence-electron chi connectivity index (χ2n) is 6.29. The third-order valence-electron chi connectivity index (χ3n) is 4.47. The quantitative estimate of drug-likeness (QED) is 0.874. The maximum Gasteiger partial charge on any atom is 0.233 e. The van der Waals surface area contributed by atoms with E-state index in [4.69, 9.17) is 4.74 Å². The average Bonchev–Trinajstić information content (AvgIpc) is 3.03. The first kappa shape index (κ1) is 17.1. The standard InChI is InChI=1S/C18H23N3O2S/c1-13-11-24-16(20-13)14-3-5-15(6-4-14)21-17(22)18(12-23-2)7-9-19-10-8-18/h3-6,11,19H,7-10,12H2,1-2H3,(H,21,22). The number of carbonyl (C=O) groups excluding carboxylic acids is 1. The monoisotopic (exact) mass is 345 g/mol. The number of amides is 1. The van der Waals surface area contributed by atoms with Crippen molar-refractivity contribution in [1.82, 2.24) is 10.3 Å². The van der Waals surface area contributed by atoms with Crippen molar-refractivity contribution < 1.29 is 9.53 Å². The number of nitrogens with one attached hydrogen (secondary N) is 2. The minimum absolute atomic E-state index is 0.0451. The molecule has 2 aromatic rings. The molecule has 24 heavy (non-hydrogen) atoms. The van der Waals surface area contributed by atoms with Crippen molar-refractivity contribution in [1.29, 1.82) is 0 Å². The Morgan fingerprint density at radius 3 is 2.62 bits per heavy atom. The SMILES string of the molecule is COCC1(C(=O)Nc2ccc(-c3nc(C)cs3)cc2)CCNCC1. The Hall–Kier alpha value is -1.76. The zero-order valence-corrected chi connectivity index (χ0v) is 14.9. The molecule has 1 aromatic heterocycles. The van der Waals surface area contributed by atoms with Crippen LogP contribution in [0.25, 0.3) is 10.6 Å². The highest BCUT2D eigenvalue weighted by Crippen LogP contribution is 2.31. The van der Waals surface area contributed by atoms with Crippen LogP contribution in [-0.4, -0.2) is 37.7 Å². The molecule has 3 rings (SSSR count). The van der Waals surface area contributed by atoms with Crippen LogP contribution in [0.4, 0.5) is 5.69 Å². The number of hydrogen-bond acceptors (Lipinski definition) is 5. The van der Waals surface area contributed by atoms with Crippen LogP contribution in [-0.2, 0) is 9.53 Å². The van der Waals surface area contributed by atoms with E-state index in [0.717, 1.165) is 47.9 Å². The van der Waals surface area contributed by atoms with Gasteiger partial charge in [0.1, 0.15) is 5.01 Å². The molecule has 1 aliphatic rings. The first-order chi connectivity index (χ1) is 11.6. The predicted octanol–water partition coefficient (Wildman–Crippen LogP) is 3.07. The number of anilines is 1. The number of methoxy groups -OCH3 is 1. The minimum atomic E-state index is -0.439. The summed E-state index contributed by atoms with van der Waals surface area (Å²) in [5, 5.41) is 9.40. The van der Waals surface area contributed by atoms with E-state index in [2.05, 4.69) is 15.6 Å². The molecule has 0 atom stereocenters. The summed E-state index contributed by atoms with van der Waals surface area (Å²) in [6.07, 6.45) is 1.59. The summed E-state index contributed by atoms with van der Waals surface area (Å²) in [6.45, 7) is 4.14.